The number of nitrogens with one attached hydrogen (secondary N) is 1. The molecule has 2 amide bonds. The number of carbonyl (C=O) groups excluding carboxylic acids is 2. The summed E-state index contributed by atoms with van der Waals surface area (Å²) in [5.74, 6) is -1.36. The van der Waals surface area contributed by atoms with Gasteiger partial charge in [-0.2, -0.15) is 8.42 Å². The van der Waals surface area contributed by atoms with Crippen molar-refractivity contribution in [1.29, 1.82) is 0 Å². The average molecular weight is 488 g/mol. The first-order chi connectivity index (χ1) is 14.2. The number of thioether (sulfide) groups is 1. The largest absolute Gasteiger partial charge is 0.326 e. The highest BCUT2D eigenvalue weighted by Gasteiger charge is 2.39. The van der Waals surface area contributed by atoms with Gasteiger partial charge in [-0.3, -0.25) is 14.5 Å². The summed E-state index contributed by atoms with van der Waals surface area (Å²) >= 11 is 7.54. The smallest absolute Gasteiger partial charge is 0.294 e. The van der Waals surface area contributed by atoms with E-state index in [1.165, 1.54) is 47.4 Å². The molecule has 0 radical (unpaired) electrons. The van der Waals surface area contributed by atoms with Crippen molar-refractivity contribution < 1.29 is 22.4 Å². The summed E-state index contributed by atoms with van der Waals surface area (Å²) in [4.78, 5) is 26.2. The highest BCUT2D eigenvalue weighted by atomic mass is 35.5. The maximum atomic E-state index is 13.0. The number of halogens is 2. The van der Waals surface area contributed by atoms with Gasteiger partial charge in [0.05, 0.1) is 4.34 Å². The summed E-state index contributed by atoms with van der Waals surface area (Å²) in [5, 5.41) is 1.68. The van der Waals surface area contributed by atoms with Crippen LogP contribution in [0.3, 0.4) is 0 Å². The molecule has 158 valence electrons. The molecule has 0 saturated carbocycles. The van der Waals surface area contributed by atoms with Crippen molar-refractivity contribution in [2.45, 2.75) is 15.9 Å². The lowest BCUT2D eigenvalue weighted by Gasteiger charge is -2.13. The van der Waals surface area contributed by atoms with E-state index in [-0.39, 0.29) is 22.3 Å². The molecule has 0 bridgehead atoms. The number of amidine groups is 1. The van der Waals surface area contributed by atoms with E-state index in [2.05, 4.69) is 16.3 Å². The lowest BCUT2D eigenvalue weighted by atomic mass is 10.2. The van der Waals surface area contributed by atoms with E-state index in [1.807, 2.05) is 0 Å². The number of hydrogen-bond acceptors (Lipinski definition) is 6. The molecule has 2 aromatic rings. The van der Waals surface area contributed by atoms with Crippen LogP contribution in [0, 0.1) is 5.82 Å². The van der Waals surface area contributed by atoms with Crippen molar-refractivity contribution in [2.24, 2.45) is 4.40 Å². The van der Waals surface area contributed by atoms with E-state index in [4.69, 9.17) is 11.6 Å². The minimum Gasteiger partial charge on any atom is -0.326 e. The van der Waals surface area contributed by atoms with Crippen LogP contribution in [0.15, 0.2) is 57.7 Å². The maximum Gasteiger partial charge on any atom is 0.294 e. The van der Waals surface area contributed by atoms with Crippen LogP contribution in [0.5, 0.6) is 0 Å². The zero-order valence-electron chi connectivity index (χ0n) is 15.2. The second kappa shape index (κ2) is 9.29. The van der Waals surface area contributed by atoms with Gasteiger partial charge in [0.15, 0.2) is 5.17 Å². The molecule has 1 saturated heterocycles. The second-order valence-electron chi connectivity index (χ2n) is 6.01. The van der Waals surface area contributed by atoms with Gasteiger partial charge in [-0.05, 0) is 36.4 Å². The Bertz CT molecular complexity index is 1120. The molecule has 1 aliphatic heterocycles. The van der Waals surface area contributed by atoms with E-state index in [9.17, 15) is 22.4 Å². The van der Waals surface area contributed by atoms with Crippen LogP contribution in [0.2, 0.25) is 4.34 Å². The Morgan fingerprint density at radius 3 is 2.60 bits per heavy atom. The van der Waals surface area contributed by atoms with Crippen molar-refractivity contribution in [3.05, 3.63) is 59.2 Å². The summed E-state index contributed by atoms with van der Waals surface area (Å²) in [6.07, 6.45) is 1.22. The van der Waals surface area contributed by atoms with E-state index >= 15 is 0 Å². The van der Waals surface area contributed by atoms with Gasteiger partial charge >= 0.3 is 0 Å². The first-order valence-corrected chi connectivity index (χ1v) is 12.0. The van der Waals surface area contributed by atoms with Crippen LogP contribution in [0.4, 0.5) is 10.1 Å². The zero-order chi connectivity index (χ0) is 21.9. The number of nitrogens with zero attached hydrogens (tertiary/aromatic N) is 2. The van der Waals surface area contributed by atoms with Gasteiger partial charge in [0.2, 0.25) is 11.8 Å². The van der Waals surface area contributed by atoms with Crippen molar-refractivity contribution in [3.63, 3.8) is 0 Å². The molecule has 1 aliphatic rings. The molecule has 0 spiro atoms. The summed E-state index contributed by atoms with van der Waals surface area (Å²) < 4.78 is 42.1. The first-order valence-electron chi connectivity index (χ1n) is 8.44. The molecule has 30 heavy (non-hydrogen) atoms. The molecule has 1 unspecified atom stereocenters. The lowest BCUT2D eigenvalue weighted by Crippen LogP contribution is -2.33. The summed E-state index contributed by atoms with van der Waals surface area (Å²) in [5.41, 5.74) is 0.380. The number of rotatable bonds is 7. The lowest BCUT2D eigenvalue weighted by molar-refractivity contribution is -0.127. The number of sulfonamides is 1. The zero-order valence-corrected chi connectivity index (χ0v) is 18.5. The second-order valence-corrected chi connectivity index (χ2v) is 10.7. The summed E-state index contributed by atoms with van der Waals surface area (Å²) in [7, 11) is -4.07. The third kappa shape index (κ3) is 5.28. The van der Waals surface area contributed by atoms with Gasteiger partial charge in [0, 0.05) is 18.7 Å². The Morgan fingerprint density at radius 2 is 2.00 bits per heavy atom. The molecule has 1 aromatic heterocycles. The molecule has 0 aliphatic carbocycles. The average Bonchev–Trinajstić information content (AvgIpc) is 3.23. The molecule has 1 fully saturated rings. The third-order valence-corrected chi connectivity index (χ3v) is 8.09. The number of anilines is 1. The third-order valence-electron chi connectivity index (χ3n) is 3.83. The highest BCUT2D eigenvalue weighted by Crippen LogP contribution is 2.33. The fraction of sp³-hybridized carbons (Fsp3) is 0.167. The standard InChI is InChI=1S/C18H15ClFN3O4S3/c1-2-9-23-17(25)13(10-15(24)21-12-5-3-11(20)4-6-12)28-18(23)22-30(26,27)16-8-7-14(19)29-16/h2-8,13H,1,9-10H2,(H,21,24). The molecular weight excluding hydrogens is 473 g/mol. The van der Waals surface area contributed by atoms with Crippen LogP contribution in [0.25, 0.3) is 0 Å². The molecule has 1 atom stereocenters. The van der Waals surface area contributed by atoms with Crippen LogP contribution < -0.4 is 5.32 Å². The van der Waals surface area contributed by atoms with Gasteiger partial charge in [-0.25, -0.2) is 4.39 Å². The quantitative estimate of drug-likeness (QED) is 0.600. The van der Waals surface area contributed by atoms with E-state index < -0.39 is 32.9 Å². The molecule has 1 aromatic carbocycles. The molecule has 1 N–H and O–H groups in total. The molecular formula is C18H15ClFN3O4S3. The molecule has 2 heterocycles. The predicted octanol–water partition coefficient (Wildman–Crippen LogP) is 3.74. The topological polar surface area (TPSA) is 95.9 Å². The van der Waals surface area contributed by atoms with Crippen LogP contribution in [0.1, 0.15) is 6.42 Å². The van der Waals surface area contributed by atoms with Crippen LogP contribution in [-0.2, 0) is 19.6 Å². The van der Waals surface area contributed by atoms with Gasteiger partial charge in [0.25, 0.3) is 10.0 Å². The summed E-state index contributed by atoms with van der Waals surface area (Å²) in [6.45, 7) is 3.61. The molecule has 7 nitrogen and oxygen atoms in total. The van der Waals surface area contributed by atoms with Gasteiger partial charge in [-0.1, -0.05) is 29.4 Å². The fourth-order valence-corrected chi connectivity index (χ4v) is 6.33. The van der Waals surface area contributed by atoms with E-state index in [1.54, 1.807) is 0 Å². The van der Waals surface area contributed by atoms with Gasteiger partial charge in [-0.15, -0.1) is 22.3 Å². The minimum absolute atomic E-state index is 0.0380. The normalized spacial score (nSPS) is 18.1. The first kappa shape index (κ1) is 22.5. The number of benzene rings is 1. The minimum atomic E-state index is -4.07. The number of amides is 2. The molecule has 12 heteroatoms. The van der Waals surface area contributed by atoms with Crippen molar-refractivity contribution >= 4 is 67.4 Å². The Balaban J connectivity index is 1.77. The van der Waals surface area contributed by atoms with Gasteiger partial charge < -0.3 is 5.32 Å². The Labute approximate surface area is 185 Å². The number of hydrogen-bond donors (Lipinski definition) is 1. The Kier molecular flexibility index (Phi) is 6.96. The summed E-state index contributed by atoms with van der Waals surface area (Å²) in [6, 6.07) is 7.96. The van der Waals surface area contributed by atoms with Crippen LogP contribution in [-0.4, -0.2) is 42.1 Å². The van der Waals surface area contributed by atoms with Gasteiger partial charge in [0.1, 0.15) is 15.3 Å². The Morgan fingerprint density at radius 1 is 1.30 bits per heavy atom. The number of thiophene rings is 1. The van der Waals surface area contributed by atoms with E-state index in [0.717, 1.165) is 23.1 Å². The number of carbonyl (C=O) groups is 2. The van der Waals surface area contributed by atoms with Crippen molar-refractivity contribution in [2.75, 3.05) is 11.9 Å². The molecule has 3 rings (SSSR count). The SMILES string of the molecule is C=CCN1C(=O)C(CC(=O)Nc2ccc(F)cc2)SC1=NS(=O)(=O)c1ccc(Cl)s1. The fourth-order valence-electron chi connectivity index (χ4n) is 2.50. The van der Waals surface area contributed by atoms with Crippen LogP contribution >= 0.6 is 34.7 Å². The maximum absolute atomic E-state index is 13.0. The van der Waals surface area contributed by atoms with Crippen molar-refractivity contribution in [3.8, 4) is 0 Å². The Hall–Kier alpha value is -2.21. The monoisotopic (exact) mass is 487 g/mol. The predicted molar refractivity (Wildman–Crippen MR) is 117 cm³/mol. The van der Waals surface area contributed by atoms with Crippen molar-refractivity contribution in [1.82, 2.24) is 4.90 Å². The van der Waals surface area contributed by atoms with E-state index in [0.29, 0.717) is 10.0 Å². The highest BCUT2D eigenvalue weighted by molar-refractivity contribution is 8.16.